The molecule has 12 nitrogen and oxygen atoms in total. The number of piperazine rings is 1. The second kappa shape index (κ2) is 14.1. The van der Waals surface area contributed by atoms with Crippen LogP contribution >= 0.6 is 0 Å². The summed E-state index contributed by atoms with van der Waals surface area (Å²) in [5, 5.41) is 12.6. The second-order valence-corrected chi connectivity index (χ2v) is 17.8. The highest BCUT2D eigenvalue weighted by Crippen LogP contribution is 2.48. The molecule has 4 fully saturated rings. The largest absolute Gasteiger partial charge is 0.508 e. The number of amides is 4. The van der Waals surface area contributed by atoms with Crippen molar-refractivity contribution >= 4 is 29.2 Å². The number of hydrogen-bond acceptors (Lipinski definition) is 10. The Balaban J connectivity index is 0.708. The van der Waals surface area contributed by atoms with Gasteiger partial charge in [-0.25, -0.2) is 14.9 Å². The molecule has 59 heavy (non-hydrogen) atoms. The van der Waals surface area contributed by atoms with Crippen LogP contribution in [0, 0.1) is 5.92 Å². The van der Waals surface area contributed by atoms with Crippen molar-refractivity contribution in [3.05, 3.63) is 113 Å². The molecule has 0 radical (unpaired) electrons. The Morgan fingerprint density at radius 1 is 0.831 bits per heavy atom. The third kappa shape index (κ3) is 6.26. The molecule has 7 aliphatic heterocycles. The number of ether oxygens (including phenoxy) is 3. The molecular weight excluding hydrogens is 747 g/mol. The summed E-state index contributed by atoms with van der Waals surface area (Å²) in [7, 11) is 0. The molecule has 5 unspecified atom stereocenters. The first-order valence-electron chi connectivity index (χ1n) is 21.3. The zero-order chi connectivity index (χ0) is 39.9. The van der Waals surface area contributed by atoms with E-state index in [-0.39, 0.29) is 65.0 Å². The van der Waals surface area contributed by atoms with Crippen LogP contribution < -0.4 is 24.6 Å². The molecule has 2 N–H and O–H groups in total. The Bertz CT molecular complexity index is 2330. The quantitative estimate of drug-likeness (QED) is 0.241. The Morgan fingerprint density at radius 3 is 2.46 bits per heavy atom. The van der Waals surface area contributed by atoms with Crippen molar-refractivity contribution in [3.8, 4) is 17.2 Å². The summed E-state index contributed by atoms with van der Waals surface area (Å²) in [6.07, 6.45) is 3.28. The van der Waals surface area contributed by atoms with Gasteiger partial charge in [0.1, 0.15) is 36.9 Å². The third-order valence-electron chi connectivity index (χ3n) is 14.4. The number of rotatable bonds is 5. The molecule has 7 aliphatic rings. The summed E-state index contributed by atoms with van der Waals surface area (Å²) in [4.78, 5) is 45.8. The highest BCUT2D eigenvalue weighted by molar-refractivity contribution is 6.04. The maximum Gasteiger partial charge on any atom is 0.431 e. The highest BCUT2D eigenvalue weighted by atomic mass is 16.5. The number of nitrogens with one attached hydrogen (secondary N) is 1. The highest BCUT2D eigenvalue weighted by Gasteiger charge is 2.55. The molecule has 0 saturated carbocycles. The van der Waals surface area contributed by atoms with Crippen LogP contribution in [0.15, 0.2) is 84.9 Å². The molecule has 4 saturated heterocycles. The molecule has 0 aliphatic carbocycles. The van der Waals surface area contributed by atoms with Gasteiger partial charge in [0.15, 0.2) is 0 Å². The van der Waals surface area contributed by atoms with Crippen molar-refractivity contribution in [2.45, 2.75) is 55.7 Å². The van der Waals surface area contributed by atoms with Crippen molar-refractivity contribution in [2.75, 3.05) is 75.4 Å². The lowest BCUT2D eigenvalue weighted by Crippen LogP contribution is -2.63. The van der Waals surface area contributed by atoms with Gasteiger partial charge in [0.05, 0.1) is 42.5 Å². The van der Waals surface area contributed by atoms with Crippen LogP contribution in [0.5, 0.6) is 17.2 Å². The summed E-state index contributed by atoms with van der Waals surface area (Å²) < 4.78 is 18.8. The van der Waals surface area contributed by atoms with Crippen molar-refractivity contribution in [1.82, 2.24) is 10.2 Å². The topological polar surface area (TPSA) is 121 Å². The number of piperidine rings is 1. The number of aromatic hydroxyl groups is 1. The normalized spacial score (nSPS) is 28.4. The van der Waals surface area contributed by atoms with Crippen LogP contribution in [-0.4, -0.2) is 110 Å². The predicted octanol–water partition coefficient (Wildman–Crippen LogP) is 5.77. The second-order valence-electron chi connectivity index (χ2n) is 17.8. The summed E-state index contributed by atoms with van der Waals surface area (Å²) >= 11 is 0. The van der Waals surface area contributed by atoms with Gasteiger partial charge < -0.3 is 29.1 Å². The predicted molar refractivity (Wildman–Crippen MR) is 220 cm³/mol. The molecule has 11 rings (SSSR count). The van der Waals surface area contributed by atoms with E-state index in [0.29, 0.717) is 30.4 Å². The zero-order valence-corrected chi connectivity index (χ0v) is 33.2. The minimum Gasteiger partial charge on any atom is -0.508 e. The fraction of sp³-hybridized carbons (Fsp3) is 0.426. The molecule has 12 heteroatoms. The molecule has 5 atom stereocenters. The number of phenols is 1. The molecule has 304 valence electrons. The Hall–Kier alpha value is -5.43. The van der Waals surface area contributed by atoms with Gasteiger partial charge in [-0.2, -0.15) is 4.48 Å². The van der Waals surface area contributed by atoms with Gasteiger partial charge in [-0.15, -0.1) is 0 Å². The Morgan fingerprint density at radius 2 is 1.64 bits per heavy atom. The SMILES string of the molecule is O=C1CC[N+]2(Cc3cc4c(cc3C2=O)OCC2CN(CC3COC5(CCN(c6ccc(C7c8ccc(O)cc8OCC7c7ccccc7)cc6)CC5)C3)CCN42)C(=O)N1. The average molecular weight is 797 g/mol. The number of imide groups is 2. The lowest BCUT2D eigenvalue weighted by atomic mass is 9.76. The van der Waals surface area contributed by atoms with E-state index in [2.05, 4.69) is 80.7 Å². The van der Waals surface area contributed by atoms with Crippen LogP contribution in [0.2, 0.25) is 0 Å². The first kappa shape index (κ1) is 36.6. The Labute approximate surface area is 343 Å². The van der Waals surface area contributed by atoms with E-state index < -0.39 is 6.03 Å². The maximum absolute atomic E-state index is 13.5. The molecule has 2 spiro atoms. The van der Waals surface area contributed by atoms with E-state index in [1.54, 1.807) is 12.1 Å². The van der Waals surface area contributed by atoms with Crippen molar-refractivity contribution < 1.29 is 38.2 Å². The minimum absolute atomic E-state index is 0.0632. The number of quaternary nitrogens is 1. The van der Waals surface area contributed by atoms with Gasteiger partial charge in [-0.3, -0.25) is 9.69 Å². The maximum atomic E-state index is 13.5. The molecular formula is C47H50N5O7+. The van der Waals surface area contributed by atoms with Crippen LogP contribution in [0.25, 0.3) is 0 Å². The van der Waals surface area contributed by atoms with E-state index in [4.69, 9.17) is 14.2 Å². The first-order valence-corrected chi connectivity index (χ1v) is 21.3. The number of benzene rings is 4. The third-order valence-corrected chi connectivity index (χ3v) is 14.4. The molecule has 0 bridgehead atoms. The van der Waals surface area contributed by atoms with Gasteiger partial charge >= 0.3 is 11.9 Å². The minimum atomic E-state index is -0.527. The number of carbonyl (C=O) groups excluding carboxylic acids is 3. The molecule has 4 amide bonds. The smallest absolute Gasteiger partial charge is 0.431 e. The van der Waals surface area contributed by atoms with Gasteiger partial charge in [-0.1, -0.05) is 48.5 Å². The van der Waals surface area contributed by atoms with Crippen LogP contribution in [0.1, 0.15) is 70.1 Å². The van der Waals surface area contributed by atoms with E-state index in [9.17, 15) is 19.5 Å². The number of urea groups is 1. The van der Waals surface area contributed by atoms with Gasteiger partial charge in [-0.05, 0) is 66.6 Å². The van der Waals surface area contributed by atoms with E-state index >= 15 is 0 Å². The monoisotopic (exact) mass is 796 g/mol. The van der Waals surface area contributed by atoms with Crippen molar-refractivity contribution in [1.29, 1.82) is 0 Å². The lowest BCUT2D eigenvalue weighted by Gasteiger charge is -2.46. The summed E-state index contributed by atoms with van der Waals surface area (Å²) in [6, 6.07) is 28.8. The van der Waals surface area contributed by atoms with Crippen LogP contribution in [0.3, 0.4) is 0 Å². The Kier molecular flexibility index (Phi) is 8.76. The number of hydrogen-bond donors (Lipinski definition) is 2. The molecule has 0 aromatic heterocycles. The zero-order valence-electron chi connectivity index (χ0n) is 33.2. The van der Waals surface area contributed by atoms with Crippen molar-refractivity contribution in [2.24, 2.45) is 5.92 Å². The number of anilines is 2. The van der Waals surface area contributed by atoms with Crippen LogP contribution in [-0.2, 0) is 16.1 Å². The number of nitrogens with zero attached hydrogens (tertiary/aromatic N) is 4. The fourth-order valence-corrected chi connectivity index (χ4v) is 11.3. The van der Waals surface area contributed by atoms with Gasteiger partial charge in [0, 0.05) is 74.0 Å². The fourth-order valence-electron chi connectivity index (χ4n) is 11.3. The number of carbonyl (C=O) groups is 3. The first-order chi connectivity index (χ1) is 28.7. The molecule has 4 aromatic rings. The number of phenolic OH excluding ortho intramolecular Hbond substituents is 1. The van der Waals surface area contributed by atoms with E-state index in [1.165, 1.54) is 16.8 Å². The van der Waals surface area contributed by atoms with E-state index in [1.807, 2.05) is 12.1 Å². The summed E-state index contributed by atoms with van der Waals surface area (Å²) in [6.45, 7) is 8.03. The number of fused-ring (bicyclic) bond motifs is 5. The van der Waals surface area contributed by atoms with E-state index in [0.717, 1.165) is 87.7 Å². The standard InChI is InChI=1S/C47H49N5O7/c53-36-10-11-37-41(21-36)58-29-39(31-4-2-1-3-5-31)44(37)32-6-8-34(9-7-32)50-15-13-47(14-16-50)23-30(27-59-47)24-49-17-18-51-35(25-49)28-57-42-22-38-33(20-40(42)51)26-52(45(38)55)19-12-43(54)48-46(52)56/h1-11,20-22,30,35,39,44H,12-19,23-29H2,(H-,48,53,54,56)/p+1. The van der Waals surface area contributed by atoms with Crippen LogP contribution in [0.4, 0.5) is 16.2 Å². The summed E-state index contributed by atoms with van der Waals surface area (Å²) in [5.41, 5.74) is 7.16. The molecule has 7 heterocycles. The van der Waals surface area contributed by atoms with Gasteiger partial charge in [0.25, 0.3) is 0 Å². The van der Waals surface area contributed by atoms with Gasteiger partial charge in [0.2, 0.25) is 5.91 Å². The average Bonchev–Trinajstić information content (AvgIpc) is 3.78. The molecule has 4 aromatic carbocycles. The summed E-state index contributed by atoms with van der Waals surface area (Å²) in [5.74, 6) is 1.88. The van der Waals surface area contributed by atoms with Crippen molar-refractivity contribution in [3.63, 3.8) is 0 Å². The lowest BCUT2D eigenvalue weighted by molar-refractivity contribution is -0.778.